The summed E-state index contributed by atoms with van der Waals surface area (Å²) < 4.78 is 6.48. The van der Waals surface area contributed by atoms with Gasteiger partial charge in [-0.25, -0.2) is 4.79 Å². The van der Waals surface area contributed by atoms with Crippen LogP contribution in [-0.2, 0) is 14.3 Å². The molecule has 31 heavy (non-hydrogen) atoms. The van der Waals surface area contributed by atoms with Gasteiger partial charge in [-0.3, -0.25) is 4.79 Å². The van der Waals surface area contributed by atoms with Gasteiger partial charge in [-0.2, -0.15) is 0 Å². The molecule has 1 spiro atoms. The summed E-state index contributed by atoms with van der Waals surface area (Å²) in [7, 11) is 0. The third-order valence-electron chi connectivity index (χ3n) is 6.24. The van der Waals surface area contributed by atoms with Gasteiger partial charge in [0.25, 0.3) is 0 Å². The monoisotopic (exact) mass is 484 g/mol. The van der Waals surface area contributed by atoms with Crippen LogP contribution in [0, 0.1) is 16.2 Å². The number of Topliss-reactive ketones (excluding diaryl/α,β-unsaturated/α-hetero) is 1. The van der Waals surface area contributed by atoms with E-state index in [2.05, 4.69) is 81.8 Å². The standard InChI is InChI=1S/C27H33BrO3/c1-8-31-24(30)20-14-13-19(17-9-11-18(28)12-10-17)27(20)15-21(25(2,3)4)23(29)22(16-27)26(5,6)7/h9-12,14-16,19H,8,13H2,1-7H3. The Morgan fingerprint density at radius 3 is 2.00 bits per heavy atom. The van der Waals surface area contributed by atoms with Crippen LogP contribution in [0.2, 0.25) is 0 Å². The number of esters is 1. The van der Waals surface area contributed by atoms with E-state index in [-0.39, 0.29) is 28.5 Å². The molecule has 4 heteroatoms. The van der Waals surface area contributed by atoms with Crippen molar-refractivity contribution in [2.75, 3.05) is 6.61 Å². The summed E-state index contributed by atoms with van der Waals surface area (Å²) in [5.41, 5.74) is 1.90. The molecule has 166 valence electrons. The zero-order chi connectivity index (χ0) is 23.2. The maximum Gasteiger partial charge on any atom is 0.334 e. The van der Waals surface area contributed by atoms with Crippen LogP contribution in [-0.4, -0.2) is 18.4 Å². The fourth-order valence-electron chi connectivity index (χ4n) is 4.64. The van der Waals surface area contributed by atoms with Crippen molar-refractivity contribution in [3.05, 3.63) is 69.2 Å². The van der Waals surface area contributed by atoms with E-state index >= 15 is 0 Å². The highest BCUT2D eigenvalue weighted by atomic mass is 79.9. The number of hydrogen-bond acceptors (Lipinski definition) is 3. The van der Waals surface area contributed by atoms with Gasteiger partial charge in [-0.05, 0) is 41.9 Å². The molecule has 0 N–H and O–H groups in total. The SMILES string of the molecule is CCOC(=O)C1=CCC(c2ccc(Br)cc2)C12C=C(C(C)(C)C)C(=O)C(C(C)(C)C)=C2. The summed E-state index contributed by atoms with van der Waals surface area (Å²) >= 11 is 3.52. The molecule has 1 aromatic carbocycles. The highest BCUT2D eigenvalue weighted by Gasteiger charge is 2.51. The van der Waals surface area contributed by atoms with Crippen molar-refractivity contribution in [3.8, 4) is 0 Å². The molecule has 0 bridgehead atoms. The summed E-state index contributed by atoms with van der Waals surface area (Å²) in [6.45, 7) is 14.5. The fraction of sp³-hybridized carbons (Fsp3) is 0.481. The molecule has 2 aliphatic carbocycles. The number of ether oxygens (including phenoxy) is 1. The van der Waals surface area contributed by atoms with Crippen LogP contribution in [0.4, 0.5) is 0 Å². The van der Waals surface area contributed by atoms with Crippen LogP contribution >= 0.6 is 15.9 Å². The van der Waals surface area contributed by atoms with E-state index in [1.54, 1.807) is 0 Å². The molecule has 0 saturated carbocycles. The maximum atomic E-state index is 13.6. The summed E-state index contributed by atoms with van der Waals surface area (Å²) in [6.07, 6.45) is 6.85. The molecule has 0 saturated heterocycles. The number of benzene rings is 1. The van der Waals surface area contributed by atoms with Gasteiger partial charge in [-0.15, -0.1) is 0 Å². The van der Waals surface area contributed by atoms with Gasteiger partial charge >= 0.3 is 5.97 Å². The Kier molecular flexibility index (Phi) is 6.27. The number of ketones is 1. The Labute approximate surface area is 194 Å². The minimum Gasteiger partial charge on any atom is -0.463 e. The van der Waals surface area contributed by atoms with Crippen molar-refractivity contribution >= 4 is 27.7 Å². The predicted molar refractivity (Wildman–Crippen MR) is 129 cm³/mol. The molecule has 2 aliphatic rings. The van der Waals surface area contributed by atoms with E-state index < -0.39 is 5.41 Å². The van der Waals surface area contributed by atoms with Crippen molar-refractivity contribution in [1.82, 2.24) is 0 Å². The second-order valence-corrected chi connectivity index (χ2v) is 11.5. The average molecular weight is 485 g/mol. The van der Waals surface area contributed by atoms with Crippen molar-refractivity contribution in [3.63, 3.8) is 0 Å². The Hall–Kier alpha value is -1.94. The number of rotatable bonds is 3. The topological polar surface area (TPSA) is 43.4 Å². The third kappa shape index (κ3) is 4.37. The fourth-order valence-corrected chi connectivity index (χ4v) is 4.90. The summed E-state index contributed by atoms with van der Waals surface area (Å²) in [6, 6.07) is 8.26. The van der Waals surface area contributed by atoms with E-state index in [1.807, 2.05) is 25.1 Å². The number of carbonyl (C=O) groups excluding carboxylic acids is 2. The van der Waals surface area contributed by atoms with Gasteiger partial charge in [0.1, 0.15) is 0 Å². The summed E-state index contributed by atoms with van der Waals surface area (Å²) in [4.78, 5) is 26.7. The first-order chi connectivity index (χ1) is 14.3. The molecule has 0 radical (unpaired) electrons. The van der Waals surface area contributed by atoms with Gasteiger partial charge in [-0.1, -0.05) is 87.8 Å². The van der Waals surface area contributed by atoms with Crippen LogP contribution in [0.25, 0.3) is 0 Å². The predicted octanol–water partition coefficient (Wildman–Crippen LogP) is 6.94. The van der Waals surface area contributed by atoms with Crippen LogP contribution in [0.15, 0.2) is 63.7 Å². The molecule has 0 heterocycles. The first kappa shape index (κ1) is 23.7. The van der Waals surface area contributed by atoms with Crippen molar-refractivity contribution in [2.24, 2.45) is 16.2 Å². The zero-order valence-electron chi connectivity index (χ0n) is 19.6. The summed E-state index contributed by atoms with van der Waals surface area (Å²) in [5.74, 6) is -0.205. The minimum absolute atomic E-state index is 0.0165. The largest absolute Gasteiger partial charge is 0.463 e. The average Bonchev–Trinajstić information content (AvgIpc) is 3.01. The first-order valence-electron chi connectivity index (χ1n) is 11.0. The normalized spacial score (nSPS) is 21.0. The summed E-state index contributed by atoms with van der Waals surface area (Å²) in [5, 5.41) is 0. The number of carbonyl (C=O) groups is 2. The Balaban J connectivity index is 2.32. The second kappa shape index (κ2) is 8.20. The Morgan fingerprint density at radius 1 is 1.03 bits per heavy atom. The molecule has 1 aromatic rings. The maximum absolute atomic E-state index is 13.6. The Morgan fingerprint density at radius 2 is 1.55 bits per heavy atom. The number of hydrogen-bond donors (Lipinski definition) is 0. The van der Waals surface area contributed by atoms with E-state index in [0.29, 0.717) is 18.6 Å². The number of allylic oxidation sites excluding steroid dienone is 5. The number of halogens is 1. The lowest BCUT2D eigenvalue weighted by atomic mass is 9.60. The smallest absolute Gasteiger partial charge is 0.334 e. The van der Waals surface area contributed by atoms with Crippen molar-refractivity contribution < 1.29 is 14.3 Å². The molecular weight excluding hydrogens is 452 g/mol. The highest BCUT2D eigenvalue weighted by Crippen LogP contribution is 2.57. The Bertz CT molecular complexity index is 945. The molecule has 0 amide bonds. The molecule has 1 atom stereocenters. The van der Waals surface area contributed by atoms with Gasteiger partial charge in [0.15, 0.2) is 5.78 Å². The first-order valence-corrected chi connectivity index (χ1v) is 11.7. The van der Waals surface area contributed by atoms with Gasteiger partial charge in [0.2, 0.25) is 0 Å². The van der Waals surface area contributed by atoms with Gasteiger partial charge in [0, 0.05) is 32.5 Å². The molecule has 0 aromatic heterocycles. The van der Waals surface area contributed by atoms with E-state index in [9.17, 15) is 9.59 Å². The second-order valence-electron chi connectivity index (χ2n) is 10.6. The lowest BCUT2D eigenvalue weighted by molar-refractivity contribution is -0.139. The quantitative estimate of drug-likeness (QED) is 0.436. The van der Waals surface area contributed by atoms with Crippen molar-refractivity contribution in [2.45, 2.75) is 60.8 Å². The van der Waals surface area contributed by atoms with Crippen LogP contribution in [0.1, 0.15) is 66.4 Å². The molecule has 0 fully saturated rings. The van der Waals surface area contributed by atoms with Gasteiger partial charge < -0.3 is 4.74 Å². The van der Waals surface area contributed by atoms with Crippen LogP contribution in [0.5, 0.6) is 0 Å². The highest BCUT2D eigenvalue weighted by molar-refractivity contribution is 9.10. The third-order valence-corrected chi connectivity index (χ3v) is 6.77. The van der Waals surface area contributed by atoms with Crippen LogP contribution in [0.3, 0.4) is 0 Å². The zero-order valence-corrected chi connectivity index (χ0v) is 21.2. The van der Waals surface area contributed by atoms with Crippen molar-refractivity contribution in [1.29, 1.82) is 0 Å². The lowest BCUT2D eigenvalue weighted by Gasteiger charge is -2.41. The molecular formula is C27H33BrO3. The van der Waals surface area contributed by atoms with E-state index in [1.165, 1.54) is 0 Å². The minimum atomic E-state index is -0.709. The van der Waals surface area contributed by atoms with Gasteiger partial charge in [0.05, 0.1) is 6.61 Å². The molecule has 1 unspecified atom stereocenters. The van der Waals surface area contributed by atoms with E-state index in [0.717, 1.165) is 21.2 Å². The van der Waals surface area contributed by atoms with Crippen LogP contribution < -0.4 is 0 Å². The molecule has 3 nitrogen and oxygen atoms in total. The molecule has 0 aliphatic heterocycles. The molecule has 3 rings (SSSR count). The van der Waals surface area contributed by atoms with E-state index in [4.69, 9.17) is 4.74 Å². The lowest BCUT2D eigenvalue weighted by Crippen LogP contribution is -2.37.